The molecule has 2 rings (SSSR count). The zero-order valence-electron chi connectivity index (χ0n) is 11.5. The first-order chi connectivity index (χ1) is 8.61. The summed E-state index contributed by atoms with van der Waals surface area (Å²) in [4.78, 5) is 9.02. The Hall–Kier alpha value is -0.810. The molecule has 2 unspecified atom stereocenters. The van der Waals surface area contributed by atoms with Crippen LogP contribution in [0.3, 0.4) is 0 Å². The highest BCUT2D eigenvalue weighted by Crippen LogP contribution is 2.34. The maximum atomic E-state index is 5.61. The van der Waals surface area contributed by atoms with Gasteiger partial charge in [0, 0.05) is 24.0 Å². The molecule has 1 aromatic heterocycles. The van der Waals surface area contributed by atoms with Crippen LogP contribution in [-0.2, 0) is 4.74 Å². The molecule has 1 N–H and O–H groups in total. The van der Waals surface area contributed by atoms with Crippen molar-refractivity contribution in [3.05, 3.63) is 11.4 Å². The number of anilines is 1. The van der Waals surface area contributed by atoms with Crippen molar-refractivity contribution in [2.75, 3.05) is 18.5 Å². The molecular weight excluding hydrogens is 246 g/mol. The van der Waals surface area contributed by atoms with Gasteiger partial charge in [-0.05, 0) is 34.1 Å². The highest BCUT2D eigenvalue weighted by molar-refractivity contribution is 8.00. The maximum Gasteiger partial charge on any atom is 0.133 e. The molecule has 18 heavy (non-hydrogen) atoms. The van der Waals surface area contributed by atoms with E-state index in [9.17, 15) is 0 Å². The molecule has 4 nitrogen and oxygen atoms in total. The Balaban J connectivity index is 2.21. The minimum absolute atomic E-state index is 0.312. The molecule has 0 amide bonds. The van der Waals surface area contributed by atoms with Crippen LogP contribution in [-0.4, -0.2) is 34.5 Å². The number of hydrogen-bond acceptors (Lipinski definition) is 5. The molecule has 0 saturated carbocycles. The van der Waals surface area contributed by atoms with Crippen LogP contribution >= 0.6 is 11.8 Å². The number of rotatable bonds is 4. The van der Waals surface area contributed by atoms with Crippen LogP contribution in [0.5, 0.6) is 0 Å². The first kappa shape index (κ1) is 13.6. The van der Waals surface area contributed by atoms with Gasteiger partial charge in [-0.3, -0.25) is 0 Å². The van der Waals surface area contributed by atoms with E-state index in [-0.39, 0.29) is 0 Å². The van der Waals surface area contributed by atoms with Crippen molar-refractivity contribution in [3.63, 3.8) is 0 Å². The number of nitrogens with one attached hydrogen (secondary N) is 1. The van der Waals surface area contributed by atoms with Crippen LogP contribution < -0.4 is 5.32 Å². The fraction of sp³-hybridized carbons (Fsp3) is 0.692. The summed E-state index contributed by atoms with van der Waals surface area (Å²) < 4.78 is 5.61. The van der Waals surface area contributed by atoms with Gasteiger partial charge in [0.25, 0.3) is 0 Å². The third kappa shape index (κ3) is 2.95. The van der Waals surface area contributed by atoms with Crippen molar-refractivity contribution < 1.29 is 4.74 Å². The number of hydrogen-bond donors (Lipinski definition) is 1. The number of thioether (sulfide) groups is 1. The summed E-state index contributed by atoms with van der Waals surface area (Å²) in [6, 6.07) is 0. The van der Waals surface area contributed by atoms with Crippen molar-refractivity contribution in [1.29, 1.82) is 0 Å². The number of aryl methyl sites for hydroxylation is 1. The summed E-state index contributed by atoms with van der Waals surface area (Å²) in [5.74, 6) is 1.78. The SMILES string of the molecule is CCNc1nc(C)nc(SC2CCOC2C)c1C. The Morgan fingerprint density at radius 3 is 2.78 bits per heavy atom. The van der Waals surface area contributed by atoms with Gasteiger partial charge in [0.1, 0.15) is 16.7 Å². The lowest BCUT2D eigenvalue weighted by Crippen LogP contribution is -2.14. The van der Waals surface area contributed by atoms with E-state index in [4.69, 9.17) is 4.74 Å². The third-order valence-electron chi connectivity index (χ3n) is 3.13. The Bertz CT molecular complexity index is 425. The summed E-state index contributed by atoms with van der Waals surface area (Å²) in [7, 11) is 0. The average molecular weight is 267 g/mol. The largest absolute Gasteiger partial charge is 0.377 e. The maximum absolute atomic E-state index is 5.61. The van der Waals surface area contributed by atoms with E-state index >= 15 is 0 Å². The minimum atomic E-state index is 0.312. The zero-order valence-corrected chi connectivity index (χ0v) is 12.3. The standard InChI is InChI=1S/C13H21N3OS/c1-5-14-12-8(2)13(16-10(4)15-12)18-11-6-7-17-9(11)3/h9,11H,5-7H2,1-4H3,(H,14,15,16). The van der Waals surface area contributed by atoms with Gasteiger partial charge >= 0.3 is 0 Å². The van der Waals surface area contributed by atoms with Crippen molar-refractivity contribution >= 4 is 17.6 Å². The van der Waals surface area contributed by atoms with Crippen molar-refractivity contribution in [2.24, 2.45) is 0 Å². The normalized spacial score (nSPS) is 23.3. The second-order valence-corrected chi connectivity index (χ2v) is 5.83. The predicted molar refractivity (Wildman–Crippen MR) is 75.3 cm³/mol. The van der Waals surface area contributed by atoms with E-state index in [0.29, 0.717) is 11.4 Å². The van der Waals surface area contributed by atoms with E-state index in [2.05, 4.69) is 36.1 Å². The van der Waals surface area contributed by atoms with Crippen molar-refractivity contribution in [3.8, 4) is 0 Å². The summed E-state index contributed by atoms with van der Waals surface area (Å²) >= 11 is 1.82. The highest BCUT2D eigenvalue weighted by atomic mass is 32.2. The van der Waals surface area contributed by atoms with Gasteiger partial charge in [0.15, 0.2) is 0 Å². The molecule has 0 aliphatic carbocycles. The number of aromatic nitrogens is 2. The van der Waals surface area contributed by atoms with Gasteiger partial charge in [-0.1, -0.05) is 11.8 Å². The summed E-state index contributed by atoms with van der Waals surface area (Å²) in [5.41, 5.74) is 1.14. The first-order valence-electron chi connectivity index (χ1n) is 6.49. The van der Waals surface area contributed by atoms with Crippen LogP contribution in [0.15, 0.2) is 5.03 Å². The fourth-order valence-electron chi connectivity index (χ4n) is 2.07. The lowest BCUT2D eigenvalue weighted by Gasteiger charge is -2.16. The van der Waals surface area contributed by atoms with E-state index in [0.717, 1.165) is 41.8 Å². The molecule has 1 aliphatic rings. The number of nitrogens with zero attached hydrogens (tertiary/aromatic N) is 2. The molecule has 0 spiro atoms. The van der Waals surface area contributed by atoms with Gasteiger partial charge in [-0.15, -0.1) is 0 Å². The fourth-order valence-corrected chi connectivity index (χ4v) is 3.30. The molecule has 1 saturated heterocycles. The topological polar surface area (TPSA) is 47.0 Å². The molecule has 1 aromatic rings. The van der Waals surface area contributed by atoms with Gasteiger partial charge < -0.3 is 10.1 Å². The molecular formula is C13H21N3OS. The second kappa shape index (κ2) is 5.89. The van der Waals surface area contributed by atoms with Crippen LogP contribution in [0.4, 0.5) is 5.82 Å². The van der Waals surface area contributed by atoms with Gasteiger partial charge in [-0.2, -0.15) is 0 Å². The van der Waals surface area contributed by atoms with E-state index in [1.807, 2.05) is 18.7 Å². The molecule has 1 fully saturated rings. The summed E-state index contributed by atoms with van der Waals surface area (Å²) in [6.07, 6.45) is 1.41. The van der Waals surface area contributed by atoms with E-state index in [1.165, 1.54) is 0 Å². The number of ether oxygens (including phenoxy) is 1. The monoisotopic (exact) mass is 267 g/mol. The van der Waals surface area contributed by atoms with Gasteiger partial charge in [0.05, 0.1) is 6.10 Å². The van der Waals surface area contributed by atoms with E-state index < -0.39 is 0 Å². The molecule has 5 heteroatoms. The minimum Gasteiger partial charge on any atom is -0.377 e. The molecule has 2 atom stereocenters. The van der Waals surface area contributed by atoms with Gasteiger partial charge in [0.2, 0.25) is 0 Å². The molecule has 2 heterocycles. The Morgan fingerprint density at radius 1 is 1.39 bits per heavy atom. The molecule has 0 aromatic carbocycles. The van der Waals surface area contributed by atoms with Crippen molar-refractivity contribution in [1.82, 2.24) is 9.97 Å². The van der Waals surface area contributed by atoms with Crippen LogP contribution in [0.1, 0.15) is 31.7 Å². The smallest absolute Gasteiger partial charge is 0.133 e. The second-order valence-electron chi connectivity index (χ2n) is 4.60. The molecule has 0 radical (unpaired) electrons. The Labute approximate surface area is 113 Å². The van der Waals surface area contributed by atoms with Crippen LogP contribution in [0.25, 0.3) is 0 Å². The average Bonchev–Trinajstić information content (AvgIpc) is 2.71. The lowest BCUT2D eigenvalue weighted by molar-refractivity contribution is 0.127. The quantitative estimate of drug-likeness (QED) is 0.850. The third-order valence-corrected chi connectivity index (χ3v) is 4.67. The summed E-state index contributed by atoms with van der Waals surface area (Å²) in [6.45, 7) is 9.99. The van der Waals surface area contributed by atoms with Crippen LogP contribution in [0, 0.1) is 13.8 Å². The lowest BCUT2D eigenvalue weighted by atomic mass is 10.3. The highest BCUT2D eigenvalue weighted by Gasteiger charge is 2.26. The van der Waals surface area contributed by atoms with Crippen molar-refractivity contribution in [2.45, 2.75) is 50.5 Å². The Morgan fingerprint density at radius 2 is 2.17 bits per heavy atom. The van der Waals surface area contributed by atoms with Gasteiger partial charge in [-0.25, -0.2) is 9.97 Å². The first-order valence-corrected chi connectivity index (χ1v) is 7.37. The van der Waals surface area contributed by atoms with Crippen LogP contribution in [0.2, 0.25) is 0 Å². The zero-order chi connectivity index (χ0) is 13.1. The predicted octanol–water partition coefficient (Wildman–Crippen LogP) is 2.79. The summed E-state index contributed by atoms with van der Waals surface area (Å²) in [5, 5.41) is 4.89. The molecule has 1 aliphatic heterocycles. The van der Waals surface area contributed by atoms with E-state index in [1.54, 1.807) is 0 Å². The Kier molecular flexibility index (Phi) is 4.45. The molecule has 100 valence electrons. The molecule has 0 bridgehead atoms.